The van der Waals surface area contributed by atoms with Crippen LogP contribution in [0.3, 0.4) is 0 Å². The fourth-order valence-corrected chi connectivity index (χ4v) is 2.12. The molecule has 0 spiro atoms. The number of terminal acetylenes is 1. The average Bonchev–Trinajstić information content (AvgIpc) is 2.30. The summed E-state index contributed by atoms with van der Waals surface area (Å²) < 4.78 is 0. The first kappa shape index (κ1) is 11.3. The lowest BCUT2D eigenvalue weighted by molar-refractivity contribution is 0.340. The van der Waals surface area contributed by atoms with Crippen LogP contribution < -0.4 is 0 Å². The van der Waals surface area contributed by atoms with Crippen LogP contribution in [0.2, 0.25) is 5.02 Å². The molecule has 1 aliphatic heterocycles. The summed E-state index contributed by atoms with van der Waals surface area (Å²) >= 11 is 5.98. The minimum atomic E-state index is 0.735. The van der Waals surface area contributed by atoms with Gasteiger partial charge in [-0.3, -0.25) is 4.90 Å². The molecule has 1 aliphatic rings. The molecule has 0 aromatic heterocycles. The van der Waals surface area contributed by atoms with Gasteiger partial charge in [-0.05, 0) is 29.7 Å². The van der Waals surface area contributed by atoms with E-state index in [4.69, 9.17) is 18.0 Å². The highest BCUT2D eigenvalue weighted by molar-refractivity contribution is 6.30. The molecule has 0 bridgehead atoms. The summed E-state index contributed by atoms with van der Waals surface area (Å²) in [7, 11) is 0. The first-order valence-corrected chi connectivity index (χ1v) is 5.78. The number of rotatable bonds is 2. The molecular weight excluding hydrogens is 218 g/mol. The van der Waals surface area contributed by atoms with Crippen molar-refractivity contribution < 1.29 is 0 Å². The Bertz CT molecular complexity index is 442. The molecule has 0 unspecified atom stereocenters. The van der Waals surface area contributed by atoms with Crippen LogP contribution in [-0.4, -0.2) is 24.5 Å². The highest BCUT2D eigenvalue weighted by atomic mass is 35.5. The van der Waals surface area contributed by atoms with Gasteiger partial charge in [-0.1, -0.05) is 35.7 Å². The van der Waals surface area contributed by atoms with Crippen LogP contribution in [0.1, 0.15) is 12.0 Å². The van der Waals surface area contributed by atoms with Crippen LogP contribution in [0.15, 0.2) is 30.3 Å². The number of hydrogen-bond donors (Lipinski definition) is 0. The molecule has 0 saturated heterocycles. The summed E-state index contributed by atoms with van der Waals surface area (Å²) in [5.41, 5.74) is 2.60. The SMILES string of the molecule is C#CCN1CC=C(c2cccc(Cl)c2)CC1. The quantitative estimate of drug-likeness (QED) is 0.708. The van der Waals surface area contributed by atoms with Crippen LogP contribution in [-0.2, 0) is 0 Å². The Hall–Kier alpha value is -1.23. The third kappa shape index (κ3) is 2.66. The van der Waals surface area contributed by atoms with Crippen LogP contribution >= 0.6 is 11.6 Å². The molecule has 0 fully saturated rings. The second-order valence-electron chi connectivity index (χ2n) is 3.93. The molecule has 1 aromatic rings. The summed E-state index contributed by atoms with van der Waals surface area (Å²) in [6.45, 7) is 2.70. The summed E-state index contributed by atoms with van der Waals surface area (Å²) in [5.74, 6) is 2.68. The van der Waals surface area contributed by atoms with Crippen molar-refractivity contribution in [3.05, 3.63) is 40.9 Å². The first-order valence-electron chi connectivity index (χ1n) is 5.40. The normalized spacial score (nSPS) is 16.6. The standard InChI is InChI=1S/C14H14ClN/c1-2-8-16-9-6-12(7-10-16)13-4-3-5-14(15)11-13/h1,3-6,11H,7-10H2. The Morgan fingerprint density at radius 1 is 1.44 bits per heavy atom. The van der Waals surface area contributed by atoms with E-state index in [0.717, 1.165) is 31.1 Å². The van der Waals surface area contributed by atoms with Crippen molar-refractivity contribution in [1.29, 1.82) is 0 Å². The highest BCUT2D eigenvalue weighted by Crippen LogP contribution is 2.24. The third-order valence-corrected chi connectivity index (χ3v) is 3.04. The maximum absolute atomic E-state index is 5.98. The van der Waals surface area contributed by atoms with Gasteiger partial charge in [-0.2, -0.15) is 0 Å². The molecule has 0 atom stereocenters. The molecular formula is C14H14ClN. The highest BCUT2D eigenvalue weighted by Gasteiger charge is 2.11. The fourth-order valence-electron chi connectivity index (χ4n) is 1.93. The summed E-state index contributed by atoms with van der Waals surface area (Å²) in [6, 6.07) is 8.02. The van der Waals surface area contributed by atoms with E-state index < -0.39 is 0 Å². The fraction of sp³-hybridized carbons (Fsp3) is 0.286. The van der Waals surface area contributed by atoms with E-state index in [1.807, 2.05) is 18.2 Å². The monoisotopic (exact) mass is 231 g/mol. The third-order valence-electron chi connectivity index (χ3n) is 2.80. The van der Waals surface area contributed by atoms with Crippen molar-refractivity contribution in [3.63, 3.8) is 0 Å². The predicted molar refractivity (Wildman–Crippen MR) is 69.3 cm³/mol. The van der Waals surface area contributed by atoms with E-state index >= 15 is 0 Å². The van der Waals surface area contributed by atoms with Crippen LogP contribution in [0.25, 0.3) is 5.57 Å². The summed E-state index contributed by atoms with van der Waals surface area (Å²) in [5, 5.41) is 0.796. The van der Waals surface area contributed by atoms with Gasteiger partial charge in [0.1, 0.15) is 0 Å². The minimum absolute atomic E-state index is 0.735. The lowest BCUT2D eigenvalue weighted by Gasteiger charge is -2.24. The Kier molecular flexibility index (Phi) is 3.66. The molecule has 16 heavy (non-hydrogen) atoms. The lowest BCUT2D eigenvalue weighted by Crippen LogP contribution is -2.28. The van der Waals surface area contributed by atoms with E-state index in [9.17, 15) is 0 Å². The van der Waals surface area contributed by atoms with Gasteiger partial charge in [-0.25, -0.2) is 0 Å². The van der Waals surface area contributed by atoms with Gasteiger partial charge in [0, 0.05) is 18.1 Å². The zero-order valence-corrected chi connectivity index (χ0v) is 9.87. The molecule has 1 nitrogen and oxygen atoms in total. The van der Waals surface area contributed by atoms with Gasteiger partial charge in [0.2, 0.25) is 0 Å². The van der Waals surface area contributed by atoms with Crippen molar-refractivity contribution in [3.8, 4) is 12.3 Å². The van der Waals surface area contributed by atoms with E-state index in [-0.39, 0.29) is 0 Å². The van der Waals surface area contributed by atoms with E-state index in [1.54, 1.807) is 0 Å². The predicted octanol–water partition coefficient (Wildman–Crippen LogP) is 3.06. The zero-order valence-electron chi connectivity index (χ0n) is 9.12. The summed E-state index contributed by atoms with van der Waals surface area (Å²) in [6.07, 6.45) is 8.58. The molecule has 82 valence electrons. The summed E-state index contributed by atoms with van der Waals surface area (Å²) in [4.78, 5) is 2.26. The van der Waals surface area contributed by atoms with Crippen molar-refractivity contribution >= 4 is 17.2 Å². The van der Waals surface area contributed by atoms with E-state index in [2.05, 4.69) is 23.0 Å². The number of benzene rings is 1. The van der Waals surface area contributed by atoms with Gasteiger partial charge in [0.05, 0.1) is 6.54 Å². The number of nitrogens with zero attached hydrogens (tertiary/aromatic N) is 1. The van der Waals surface area contributed by atoms with Crippen LogP contribution in [0, 0.1) is 12.3 Å². The van der Waals surface area contributed by atoms with Crippen molar-refractivity contribution in [2.24, 2.45) is 0 Å². The largest absolute Gasteiger partial charge is 0.288 e. The van der Waals surface area contributed by atoms with Gasteiger partial charge < -0.3 is 0 Å². The molecule has 0 N–H and O–H groups in total. The molecule has 1 heterocycles. The van der Waals surface area contributed by atoms with Crippen molar-refractivity contribution in [2.45, 2.75) is 6.42 Å². The smallest absolute Gasteiger partial charge is 0.0601 e. The molecule has 2 rings (SSSR count). The Balaban J connectivity index is 2.10. The molecule has 0 amide bonds. The van der Waals surface area contributed by atoms with Crippen molar-refractivity contribution in [2.75, 3.05) is 19.6 Å². The minimum Gasteiger partial charge on any atom is -0.288 e. The molecule has 2 heteroatoms. The number of halogens is 1. The Morgan fingerprint density at radius 2 is 2.31 bits per heavy atom. The van der Waals surface area contributed by atoms with Gasteiger partial charge in [0.15, 0.2) is 0 Å². The maximum atomic E-state index is 5.98. The maximum Gasteiger partial charge on any atom is 0.0601 e. The van der Waals surface area contributed by atoms with Gasteiger partial charge >= 0.3 is 0 Å². The van der Waals surface area contributed by atoms with E-state index in [1.165, 1.54) is 11.1 Å². The Labute approximate surface area is 102 Å². The van der Waals surface area contributed by atoms with Gasteiger partial charge in [-0.15, -0.1) is 6.42 Å². The van der Waals surface area contributed by atoms with Crippen molar-refractivity contribution in [1.82, 2.24) is 4.90 Å². The van der Waals surface area contributed by atoms with Gasteiger partial charge in [0.25, 0.3) is 0 Å². The number of hydrogen-bond acceptors (Lipinski definition) is 1. The average molecular weight is 232 g/mol. The lowest BCUT2D eigenvalue weighted by atomic mass is 10.00. The van der Waals surface area contributed by atoms with E-state index in [0.29, 0.717) is 0 Å². The molecule has 0 aliphatic carbocycles. The molecule has 1 aromatic carbocycles. The molecule has 0 radical (unpaired) electrons. The first-order chi connectivity index (χ1) is 7.79. The second kappa shape index (κ2) is 5.21. The topological polar surface area (TPSA) is 3.24 Å². The molecule has 0 saturated carbocycles. The van der Waals surface area contributed by atoms with Crippen LogP contribution in [0.5, 0.6) is 0 Å². The Morgan fingerprint density at radius 3 is 2.94 bits per heavy atom. The van der Waals surface area contributed by atoms with Crippen LogP contribution in [0.4, 0.5) is 0 Å². The zero-order chi connectivity index (χ0) is 11.4. The second-order valence-corrected chi connectivity index (χ2v) is 4.37.